The van der Waals surface area contributed by atoms with Gasteiger partial charge in [0, 0.05) is 12.0 Å². The van der Waals surface area contributed by atoms with E-state index in [4.69, 9.17) is 5.11 Å². The van der Waals surface area contributed by atoms with Crippen LogP contribution >= 0.6 is 0 Å². The van der Waals surface area contributed by atoms with E-state index in [0.717, 1.165) is 0 Å². The molecule has 2 N–H and O–H groups in total. The molecule has 0 saturated heterocycles. The molecule has 0 aromatic heterocycles. The topological polar surface area (TPSA) is 66.4 Å². The fourth-order valence-electron chi connectivity index (χ4n) is 2.27. The Kier molecular flexibility index (Phi) is 3.29. The monoisotopic (exact) mass is 241 g/mol. The predicted molar refractivity (Wildman–Crippen MR) is 65.5 cm³/mol. The van der Waals surface area contributed by atoms with E-state index in [0.29, 0.717) is 0 Å². The first kappa shape index (κ1) is 14.0. The van der Waals surface area contributed by atoms with E-state index in [-0.39, 0.29) is 22.8 Å². The first-order valence-electron chi connectivity index (χ1n) is 6.06. The summed E-state index contributed by atoms with van der Waals surface area (Å²) >= 11 is 0. The molecule has 0 aliphatic heterocycles. The zero-order valence-electron chi connectivity index (χ0n) is 11.5. The summed E-state index contributed by atoms with van der Waals surface area (Å²) < 4.78 is 0. The second kappa shape index (κ2) is 4.00. The molecule has 0 aromatic carbocycles. The molecule has 0 radical (unpaired) electrons. The van der Waals surface area contributed by atoms with Crippen molar-refractivity contribution in [3.8, 4) is 0 Å². The molecule has 0 heterocycles. The zero-order chi connectivity index (χ0) is 13.6. The molecular formula is C13H23NO3. The van der Waals surface area contributed by atoms with Gasteiger partial charge in [0.2, 0.25) is 5.91 Å². The smallest absolute Gasteiger partial charge is 0.307 e. The molecule has 0 spiro atoms. The van der Waals surface area contributed by atoms with Crippen LogP contribution < -0.4 is 5.32 Å². The maximum absolute atomic E-state index is 11.9. The standard InChI is InChI=1S/C13H23NO3/c1-7(8(2)10(16)17)9(15)14-11-12(3,4)13(11,5)6/h7-8,11H,1-6H3,(H,14,15)(H,16,17). The predicted octanol–water partition coefficient (Wildman–Crippen LogP) is 1.89. The SMILES string of the molecule is CC(C(=O)O)C(C)C(=O)NC1C(C)(C)C1(C)C. The number of amides is 1. The molecule has 1 rings (SSSR count). The van der Waals surface area contributed by atoms with E-state index in [1.807, 2.05) is 0 Å². The fraction of sp³-hybridized carbons (Fsp3) is 0.846. The molecule has 1 aliphatic rings. The number of carboxylic acid groups (broad SMARTS) is 1. The maximum atomic E-state index is 11.9. The third-order valence-corrected chi connectivity index (χ3v) is 4.86. The minimum Gasteiger partial charge on any atom is -0.481 e. The van der Waals surface area contributed by atoms with Crippen molar-refractivity contribution in [1.29, 1.82) is 0 Å². The van der Waals surface area contributed by atoms with Gasteiger partial charge in [-0.05, 0) is 10.8 Å². The van der Waals surface area contributed by atoms with Crippen molar-refractivity contribution >= 4 is 11.9 Å². The summed E-state index contributed by atoms with van der Waals surface area (Å²) in [6.07, 6.45) is 0. The van der Waals surface area contributed by atoms with E-state index in [1.54, 1.807) is 13.8 Å². The van der Waals surface area contributed by atoms with Gasteiger partial charge in [0.15, 0.2) is 0 Å². The number of rotatable bonds is 4. The highest BCUT2D eigenvalue weighted by atomic mass is 16.4. The summed E-state index contributed by atoms with van der Waals surface area (Å²) in [5.74, 6) is -2.25. The lowest BCUT2D eigenvalue weighted by molar-refractivity contribution is -0.146. The Bertz CT molecular complexity index is 333. The van der Waals surface area contributed by atoms with Crippen molar-refractivity contribution in [2.75, 3.05) is 0 Å². The van der Waals surface area contributed by atoms with Gasteiger partial charge in [0.1, 0.15) is 0 Å². The molecule has 1 aliphatic carbocycles. The van der Waals surface area contributed by atoms with E-state index in [9.17, 15) is 9.59 Å². The van der Waals surface area contributed by atoms with Crippen LogP contribution in [0.4, 0.5) is 0 Å². The van der Waals surface area contributed by atoms with Crippen molar-refractivity contribution < 1.29 is 14.7 Å². The molecular weight excluding hydrogens is 218 g/mol. The first-order chi connectivity index (χ1) is 7.53. The van der Waals surface area contributed by atoms with Gasteiger partial charge in [-0.3, -0.25) is 9.59 Å². The van der Waals surface area contributed by atoms with Crippen LogP contribution in [0.1, 0.15) is 41.5 Å². The Morgan fingerprint density at radius 1 is 1.06 bits per heavy atom. The van der Waals surface area contributed by atoms with E-state index in [2.05, 4.69) is 33.0 Å². The van der Waals surface area contributed by atoms with E-state index in [1.165, 1.54) is 0 Å². The Morgan fingerprint density at radius 3 is 1.76 bits per heavy atom. The number of nitrogens with one attached hydrogen (secondary N) is 1. The highest BCUT2D eigenvalue weighted by Gasteiger charge is 2.65. The lowest BCUT2D eigenvalue weighted by Gasteiger charge is -2.16. The average molecular weight is 241 g/mol. The van der Waals surface area contributed by atoms with Crippen molar-refractivity contribution in [1.82, 2.24) is 5.32 Å². The number of hydrogen-bond donors (Lipinski definition) is 2. The number of carboxylic acids is 1. The lowest BCUT2D eigenvalue weighted by atomic mass is 9.95. The number of aliphatic carboxylic acids is 1. The fourth-order valence-corrected chi connectivity index (χ4v) is 2.27. The minimum absolute atomic E-state index is 0.0782. The molecule has 98 valence electrons. The van der Waals surface area contributed by atoms with Gasteiger partial charge in [-0.2, -0.15) is 0 Å². The van der Waals surface area contributed by atoms with E-state index < -0.39 is 17.8 Å². The summed E-state index contributed by atoms with van der Waals surface area (Å²) in [6.45, 7) is 11.7. The maximum Gasteiger partial charge on any atom is 0.307 e. The molecule has 17 heavy (non-hydrogen) atoms. The first-order valence-corrected chi connectivity index (χ1v) is 6.06. The van der Waals surface area contributed by atoms with Gasteiger partial charge in [0.25, 0.3) is 0 Å². The van der Waals surface area contributed by atoms with Gasteiger partial charge in [0.05, 0.1) is 5.92 Å². The molecule has 4 nitrogen and oxygen atoms in total. The molecule has 1 saturated carbocycles. The van der Waals surface area contributed by atoms with Gasteiger partial charge in [-0.25, -0.2) is 0 Å². The van der Waals surface area contributed by atoms with Crippen molar-refractivity contribution in [2.45, 2.75) is 47.6 Å². The van der Waals surface area contributed by atoms with Crippen LogP contribution in [0.15, 0.2) is 0 Å². The van der Waals surface area contributed by atoms with Crippen LogP contribution in [0, 0.1) is 22.7 Å². The summed E-state index contributed by atoms with van der Waals surface area (Å²) in [5.41, 5.74) is 0.156. The zero-order valence-corrected chi connectivity index (χ0v) is 11.5. The molecule has 4 heteroatoms. The Labute approximate surface area is 103 Å². The highest BCUT2D eigenvalue weighted by Crippen LogP contribution is 2.62. The van der Waals surface area contributed by atoms with Crippen LogP contribution in [-0.4, -0.2) is 23.0 Å². The van der Waals surface area contributed by atoms with Crippen molar-refractivity contribution in [3.63, 3.8) is 0 Å². The Hall–Kier alpha value is -1.06. The Balaban J connectivity index is 2.61. The molecule has 1 amide bonds. The van der Waals surface area contributed by atoms with Crippen LogP contribution in [0.25, 0.3) is 0 Å². The summed E-state index contributed by atoms with van der Waals surface area (Å²) in [6, 6.07) is 0.131. The van der Waals surface area contributed by atoms with Crippen LogP contribution in [0.2, 0.25) is 0 Å². The summed E-state index contributed by atoms with van der Waals surface area (Å²) in [7, 11) is 0. The van der Waals surface area contributed by atoms with Gasteiger partial charge >= 0.3 is 5.97 Å². The molecule has 0 aromatic rings. The van der Waals surface area contributed by atoms with Crippen molar-refractivity contribution in [3.05, 3.63) is 0 Å². The lowest BCUT2D eigenvalue weighted by Crippen LogP contribution is -2.38. The average Bonchev–Trinajstić information content (AvgIpc) is 2.58. The highest BCUT2D eigenvalue weighted by molar-refractivity contribution is 5.84. The molecule has 2 unspecified atom stereocenters. The minimum atomic E-state index is -0.929. The van der Waals surface area contributed by atoms with Crippen LogP contribution in [0.5, 0.6) is 0 Å². The number of carbonyl (C=O) groups is 2. The molecule has 2 atom stereocenters. The summed E-state index contributed by atoms with van der Waals surface area (Å²) in [4.78, 5) is 22.8. The van der Waals surface area contributed by atoms with Gasteiger partial charge < -0.3 is 10.4 Å². The second-order valence-electron chi connectivity index (χ2n) is 6.30. The van der Waals surface area contributed by atoms with Crippen molar-refractivity contribution in [2.24, 2.45) is 22.7 Å². The molecule has 0 bridgehead atoms. The van der Waals surface area contributed by atoms with Gasteiger partial charge in [-0.1, -0.05) is 41.5 Å². The normalized spacial score (nSPS) is 24.8. The largest absolute Gasteiger partial charge is 0.481 e. The van der Waals surface area contributed by atoms with Gasteiger partial charge in [-0.15, -0.1) is 0 Å². The summed E-state index contributed by atoms with van der Waals surface area (Å²) in [5, 5.41) is 11.8. The molecule has 1 fully saturated rings. The number of hydrogen-bond acceptors (Lipinski definition) is 2. The van der Waals surface area contributed by atoms with Crippen LogP contribution in [0.3, 0.4) is 0 Å². The quantitative estimate of drug-likeness (QED) is 0.790. The number of carbonyl (C=O) groups excluding carboxylic acids is 1. The van der Waals surface area contributed by atoms with E-state index >= 15 is 0 Å². The third-order valence-electron chi connectivity index (χ3n) is 4.86. The second-order valence-corrected chi connectivity index (χ2v) is 6.30. The third kappa shape index (κ3) is 2.17. The van der Waals surface area contributed by atoms with Crippen LogP contribution in [-0.2, 0) is 9.59 Å². The Morgan fingerprint density at radius 2 is 1.47 bits per heavy atom.